The highest BCUT2D eigenvalue weighted by Crippen LogP contribution is 2.25. The molecule has 0 bridgehead atoms. The smallest absolute Gasteiger partial charge is 0.176 e. The van der Waals surface area contributed by atoms with Gasteiger partial charge in [0, 0.05) is 6.61 Å². The Balaban J connectivity index is 3.06. The summed E-state index contributed by atoms with van der Waals surface area (Å²) in [5.74, 6) is -3.12. The topological polar surface area (TPSA) is 20.2 Å². The Morgan fingerprint density at radius 2 is 1.86 bits per heavy atom. The Morgan fingerprint density at radius 1 is 1.21 bits per heavy atom. The van der Waals surface area contributed by atoms with Crippen LogP contribution in [0.3, 0.4) is 0 Å². The fourth-order valence-corrected chi connectivity index (χ4v) is 1.36. The lowest BCUT2D eigenvalue weighted by atomic mass is 10.1. The average Bonchev–Trinajstić information content (AvgIpc) is 2.18. The van der Waals surface area contributed by atoms with Crippen molar-refractivity contribution in [1.82, 2.24) is 0 Å². The van der Waals surface area contributed by atoms with Crippen molar-refractivity contribution in [3.05, 3.63) is 33.6 Å². The monoisotopic (exact) mass is 268 g/mol. The normalized spacial score (nSPS) is 10.6. The summed E-state index contributed by atoms with van der Waals surface area (Å²) in [5, 5.41) is 8.49. The van der Waals surface area contributed by atoms with Crippen LogP contribution in [0.15, 0.2) is 10.5 Å². The molecule has 0 aliphatic heterocycles. The summed E-state index contributed by atoms with van der Waals surface area (Å²) in [5.41, 5.74) is -0.0581. The Labute approximate surface area is 87.7 Å². The van der Waals surface area contributed by atoms with E-state index in [-0.39, 0.29) is 25.0 Å². The zero-order chi connectivity index (χ0) is 10.7. The Kier molecular flexibility index (Phi) is 3.95. The van der Waals surface area contributed by atoms with Crippen LogP contribution < -0.4 is 0 Å². The quantitative estimate of drug-likeness (QED) is 0.660. The van der Waals surface area contributed by atoms with Gasteiger partial charge in [0.25, 0.3) is 0 Å². The van der Waals surface area contributed by atoms with Crippen LogP contribution in [0, 0.1) is 17.5 Å². The van der Waals surface area contributed by atoms with Gasteiger partial charge in [-0.05, 0) is 40.4 Å². The number of benzene rings is 1. The largest absolute Gasteiger partial charge is 0.396 e. The second-order valence-electron chi connectivity index (χ2n) is 2.79. The van der Waals surface area contributed by atoms with E-state index in [2.05, 4.69) is 15.9 Å². The maximum absolute atomic E-state index is 13.1. The molecule has 0 atom stereocenters. The van der Waals surface area contributed by atoms with E-state index >= 15 is 0 Å². The number of halogens is 4. The molecule has 0 amide bonds. The summed E-state index contributed by atoms with van der Waals surface area (Å²) >= 11 is 2.59. The first-order valence-corrected chi connectivity index (χ1v) is 4.80. The lowest BCUT2D eigenvalue weighted by Gasteiger charge is -2.05. The molecule has 0 heterocycles. The SMILES string of the molecule is OCCCc1cc(F)c(Br)c(F)c1F. The van der Waals surface area contributed by atoms with E-state index < -0.39 is 21.9 Å². The van der Waals surface area contributed by atoms with E-state index in [9.17, 15) is 13.2 Å². The first kappa shape index (κ1) is 11.5. The van der Waals surface area contributed by atoms with Crippen molar-refractivity contribution in [2.45, 2.75) is 12.8 Å². The highest BCUT2D eigenvalue weighted by molar-refractivity contribution is 9.10. The predicted molar refractivity (Wildman–Crippen MR) is 49.4 cm³/mol. The molecule has 0 aromatic heterocycles. The van der Waals surface area contributed by atoms with E-state index in [4.69, 9.17) is 5.11 Å². The molecule has 0 radical (unpaired) electrons. The second-order valence-corrected chi connectivity index (χ2v) is 3.58. The molecule has 1 aromatic rings. The summed E-state index contributed by atoms with van der Waals surface area (Å²) in [6.07, 6.45) is 0.390. The molecule has 0 spiro atoms. The second kappa shape index (κ2) is 4.79. The standard InChI is InChI=1S/C9H8BrF3O/c10-7-6(11)4-5(2-1-3-14)8(12)9(7)13/h4,14H,1-3H2. The molecule has 1 aromatic carbocycles. The predicted octanol–water partition coefficient (Wildman–Crippen LogP) is 2.79. The molecule has 1 nitrogen and oxygen atoms in total. The first-order chi connectivity index (χ1) is 6.57. The minimum atomic E-state index is -1.22. The number of hydrogen-bond donors (Lipinski definition) is 1. The lowest BCUT2D eigenvalue weighted by molar-refractivity contribution is 0.287. The van der Waals surface area contributed by atoms with Gasteiger partial charge in [0.2, 0.25) is 0 Å². The fraction of sp³-hybridized carbons (Fsp3) is 0.333. The molecule has 78 valence electrons. The van der Waals surface area contributed by atoms with Crippen LogP contribution in [-0.2, 0) is 6.42 Å². The third-order valence-corrected chi connectivity index (χ3v) is 2.51. The minimum Gasteiger partial charge on any atom is -0.396 e. The van der Waals surface area contributed by atoms with Gasteiger partial charge in [-0.25, -0.2) is 13.2 Å². The molecule has 0 saturated heterocycles. The van der Waals surface area contributed by atoms with Crippen LogP contribution in [0.25, 0.3) is 0 Å². The van der Waals surface area contributed by atoms with Crippen molar-refractivity contribution in [2.75, 3.05) is 6.61 Å². The summed E-state index contributed by atoms with van der Waals surface area (Å²) in [6.45, 7) is -0.140. The van der Waals surface area contributed by atoms with Gasteiger partial charge in [0.05, 0.1) is 4.47 Å². The highest BCUT2D eigenvalue weighted by Gasteiger charge is 2.16. The van der Waals surface area contributed by atoms with Crippen molar-refractivity contribution in [1.29, 1.82) is 0 Å². The Morgan fingerprint density at radius 3 is 2.43 bits per heavy atom. The minimum absolute atomic E-state index is 0.0581. The molecule has 1 rings (SSSR count). The van der Waals surface area contributed by atoms with Crippen molar-refractivity contribution >= 4 is 15.9 Å². The van der Waals surface area contributed by atoms with Crippen LogP contribution in [0.2, 0.25) is 0 Å². The zero-order valence-electron chi connectivity index (χ0n) is 7.16. The van der Waals surface area contributed by atoms with Crippen molar-refractivity contribution in [3.8, 4) is 0 Å². The van der Waals surface area contributed by atoms with E-state index in [0.29, 0.717) is 0 Å². The van der Waals surface area contributed by atoms with Gasteiger partial charge in [-0.2, -0.15) is 0 Å². The van der Waals surface area contributed by atoms with Crippen molar-refractivity contribution in [2.24, 2.45) is 0 Å². The summed E-state index contributed by atoms with van der Waals surface area (Å²) in [7, 11) is 0. The molecular formula is C9H8BrF3O. The maximum atomic E-state index is 13.1. The average molecular weight is 269 g/mol. The molecule has 5 heteroatoms. The third-order valence-electron chi connectivity index (χ3n) is 1.78. The number of aliphatic hydroxyl groups is 1. The Hall–Kier alpha value is -0.550. The van der Waals surface area contributed by atoms with Crippen LogP contribution in [-0.4, -0.2) is 11.7 Å². The summed E-state index contributed by atoms with van der Waals surface area (Å²) in [6, 6.07) is 0.929. The van der Waals surface area contributed by atoms with E-state index in [1.807, 2.05) is 0 Å². The van der Waals surface area contributed by atoms with Crippen LogP contribution in [0.5, 0.6) is 0 Å². The number of aliphatic hydroxyl groups excluding tert-OH is 1. The number of aryl methyl sites for hydroxylation is 1. The molecule has 0 aliphatic rings. The highest BCUT2D eigenvalue weighted by atomic mass is 79.9. The van der Waals surface area contributed by atoms with Crippen LogP contribution in [0.4, 0.5) is 13.2 Å². The van der Waals surface area contributed by atoms with Gasteiger partial charge in [-0.1, -0.05) is 0 Å². The Bertz CT molecular complexity index is 341. The van der Waals surface area contributed by atoms with Crippen molar-refractivity contribution < 1.29 is 18.3 Å². The number of rotatable bonds is 3. The number of hydrogen-bond acceptors (Lipinski definition) is 1. The van der Waals surface area contributed by atoms with Gasteiger partial charge in [-0.3, -0.25) is 0 Å². The molecular weight excluding hydrogens is 261 g/mol. The fourth-order valence-electron chi connectivity index (χ4n) is 1.07. The van der Waals surface area contributed by atoms with Gasteiger partial charge >= 0.3 is 0 Å². The zero-order valence-corrected chi connectivity index (χ0v) is 8.74. The van der Waals surface area contributed by atoms with E-state index in [1.54, 1.807) is 0 Å². The van der Waals surface area contributed by atoms with Gasteiger partial charge in [0.1, 0.15) is 5.82 Å². The third kappa shape index (κ3) is 2.27. The molecule has 14 heavy (non-hydrogen) atoms. The van der Waals surface area contributed by atoms with Crippen molar-refractivity contribution in [3.63, 3.8) is 0 Å². The van der Waals surface area contributed by atoms with Gasteiger partial charge in [0.15, 0.2) is 11.6 Å². The van der Waals surface area contributed by atoms with Crippen LogP contribution in [0.1, 0.15) is 12.0 Å². The maximum Gasteiger partial charge on any atom is 0.176 e. The molecule has 0 unspecified atom stereocenters. The molecule has 0 saturated carbocycles. The van der Waals surface area contributed by atoms with Gasteiger partial charge in [-0.15, -0.1) is 0 Å². The molecule has 0 fully saturated rings. The molecule has 0 aliphatic carbocycles. The van der Waals surface area contributed by atoms with Crippen LogP contribution >= 0.6 is 15.9 Å². The molecule has 1 N–H and O–H groups in total. The van der Waals surface area contributed by atoms with E-state index in [0.717, 1.165) is 6.07 Å². The summed E-state index contributed by atoms with van der Waals surface area (Å²) in [4.78, 5) is 0. The van der Waals surface area contributed by atoms with Gasteiger partial charge < -0.3 is 5.11 Å². The lowest BCUT2D eigenvalue weighted by Crippen LogP contribution is -2.00. The van der Waals surface area contributed by atoms with E-state index in [1.165, 1.54) is 0 Å². The summed E-state index contributed by atoms with van der Waals surface area (Å²) < 4.78 is 38.5. The first-order valence-electron chi connectivity index (χ1n) is 4.00.